The highest BCUT2D eigenvalue weighted by atomic mass is 127. The summed E-state index contributed by atoms with van der Waals surface area (Å²) in [7, 11) is 2.15. The lowest BCUT2D eigenvalue weighted by Gasteiger charge is -2.22. The zero-order valence-electron chi connectivity index (χ0n) is 11.8. The Morgan fingerprint density at radius 3 is 2.86 bits per heavy atom. The maximum atomic E-state index is 10.0. The molecule has 0 aliphatic carbocycles. The number of aromatic hydroxyl groups is 1. The van der Waals surface area contributed by atoms with Crippen LogP contribution in [0.5, 0.6) is 5.75 Å². The van der Waals surface area contributed by atoms with Crippen LogP contribution in [0.2, 0.25) is 5.02 Å². The van der Waals surface area contributed by atoms with Crippen molar-refractivity contribution in [2.24, 2.45) is 0 Å². The van der Waals surface area contributed by atoms with E-state index >= 15 is 0 Å². The molecule has 0 saturated heterocycles. The van der Waals surface area contributed by atoms with Crippen LogP contribution < -0.4 is 0 Å². The van der Waals surface area contributed by atoms with E-state index < -0.39 is 0 Å². The fourth-order valence-corrected chi connectivity index (χ4v) is 3.73. The van der Waals surface area contributed by atoms with Crippen LogP contribution in [0, 0.1) is 3.57 Å². The van der Waals surface area contributed by atoms with Gasteiger partial charge in [0.15, 0.2) is 0 Å². The first-order valence-electron chi connectivity index (χ1n) is 7.00. The normalized spacial score (nSPS) is 19.1. The predicted molar refractivity (Wildman–Crippen MR) is 95.3 cm³/mol. The van der Waals surface area contributed by atoms with E-state index in [-0.39, 0.29) is 11.7 Å². The second kappa shape index (κ2) is 6.15. The van der Waals surface area contributed by atoms with E-state index in [2.05, 4.69) is 58.8 Å². The van der Waals surface area contributed by atoms with Gasteiger partial charge in [-0.15, -0.1) is 0 Å². The molecule has 0 aromatic heterocycles. The van der Waals surface area contributed by atoms with Gasteiger partial charge in [-0.1, -0.05) is 23.7 Å². The molecule has 2 nitrogen and oxygen atoms in total. The van der Waals surface area contributed by atoms with Crippen LogP contribution in [-0.4, -0.2) is 30.1 Å². The highest BCUT2D eigenvalue weighted by molar-refractivity contribution is 14.1. The van der Waals surface area contributed by atoms with Crippen molar-refractivity contribution in [2.75, 3.05) is 20.1 Å². The highest BCUT2D eigenvalue weighted by Crippen LogP contribution is 2.36. The van der Waals surface area contributed by atoms with Crippen molar-refractivity contribution in [3.05, 3.63) is 61.7 Å². The Morgan fingerprint density at radius 2 is 2.10 bits per heavy atom. The minimum atomic E-state index is 0.176. The Balaban J connectivity index is 2.13. The van der Waals surface area contributed by atoms with Gasteiger partial charge in [0.05, 0.1) is 5.02 Å². The van der Waals surface area contributed by atoms with E-state index in [9.17, 15) is 5.11 Å². The Kier molecular flexibility index (Phi) is 4.43. The zero-order chi connectivity index (χ0) is 15.0. The molecule has 2 aromatic rings. The maximum absolute atomic E-state index is 10.0. The lowest BCUT2D eigenvalue weighted by molar-refractivity contribution is 0.338. The Hall–Kier alpha value is -0.780. The van der Waals surface area contributed by atoms with Crippen LogP contribution in [0.4, 0.5) is 0 Å². The molecule has 0 saturated carbocycles. The molecule has 0 unspecified atom stereocenters. The third-order valence-corrected chi connectivity index (χ3v) is 5.07. The molecular formula is C17H17ClINO. The summed E-state index contributed by atoms with van der Waals surface area (Å²) in [6.07, 6.45) is 0.965. The van der Waals surface area contributed by atoms with Gasteiger partial charge in [-0.2, -0.15) is 0 Å². The summed E-state index contributed by atoms with van der Waals surface area (Å²) in [6.45, 7) is 1.96. The van der Waals surface area contributed by atoms with Gasteiger partial charge in [-0.3, -0.25) is 0 Å². The van der Waals surface area contributed by atoms with E-state index in [0.29, 0.717) is 5.02 Å². The summed E-state index contributed by atoms with van der Waals surface area (Å²) in [6, 6.07) is 12.4. The third-order valence-electron chi connectivity index (χ3n) is 4.09. The molecule has 2 aromatic carbocycles. The van der Waals surface area contributed by atoms with Crippen LogP contribution in [0.1, 0.15) is 22.6 Å². The molecular weight excluding hydrogens is 397 g/mol. The van der Waals surface area contributed by atoms with Gasteiger partial charge in [-0.25, -0.2) is 0 Å². The smallest absolute Gasteiger partial charge is 0.134 e. The van der Waals surface area contributed by atoms with Crippen molar-refractivity contribution in [1.82, 2.24) is 4.90 Å². The van der Waals surface area contributed by atoms with Gasteiger partial charge in [0.1, 0.15) is 5.75 Å². The van der Waals surface area contributed by atoms with Crippen LogP contribution in [0.15, 0.2) is 36.4 Å². The molecule has 0 spiro atoms. The van der Waals surface area contributed by atoms with E-state index in [4.69, 9.17) is 11.6 Å². The van der Waals surface area contributed by atoms with Gasteiger partial charge in [0, 0.05) is 22.6 Å². The Labute approximate surface area is 143 Å². The number of likely N-dealkylation sites (N-methyl/N-ethyl adjacent to an activating group) is 1. The minimum absolute atomic E-state index is 0.176. The van der Waals surface area contributed by atoms with Crippen LogP contribution >= 0.6 is 34.2 Å². The quantitative estimate of drug-likeness (QED) is 0.706. The number of rotatable bonds is 1. The van der Waals surface area contributed by atoms with Gasteiger partial charge in [0.25, 0.3) is 0 Å². The number of nitrogens with zero attached hydrogens (tertiary/aromatic N) is 1. The number of hydrogen-bond acceptors (Lipinski definition) is 2. The first kappa shape index (κ1) is 15.1. The third kappa shape index (κ3) is 3.20. The number of hydrogen-bond donors (Lipinski definition) is 1. The first-order chi connectivity index (χ1) is 10.0. The minimum Gasteiger partial charge on any atom is -0.506 e. The van der Waals surface area contributed by atoms with Crippen LogP contribution in [0.3, 0.4) is 0 Å². The predicted octanol–water partition coefficient (Wildman–Crippen LogP) is 4.27. The van der Waals surface area contributed by atoms with Crippen molar-refractivity contribution in [3.8, 4) is 5.75 Å². The summed E-state index contributed by atoms with van der Waals surface area (Å²) in [4.78, 5) is 2.34. The van der Waals surface area contributed by atoms with E-state index in [1.807, 2.05) is 12.1 Å². The van der Waals surface area contributed by atoms with Crippen LogP contribution in [-0.2, 0) is 6.42 Å². The molecule has 0 amide bonds. The first-order valence-corrected chi connectivity index (χ1v) is 8.45. The van der Waals surface area contributed by atoms with Gasteiger partial charge in [0.2, 0.25) is 0 Å². The molecule has 0 bridgehead atoms. The molecule has 110 valence electrons. The van der Waals surface area contributed by atoms with Crippen molar-refractivity contribution in [2.45, 2.75) is 12.3 Å². The lowest BCUT2D eigenvalue weighted by atomic mass is 9.88. The number of fused-ring (bicyclic) bond motifs is 1. The van der Waals surface area contributed by atoms with E-state index in [0.717, 1.165) is 19.5 Å². The molecule has 0 fully saturated rings. The SMILES string of the molecule is CN1CCc2cc(Cl)c(O)cc2[C@@H](c2cccc(I)c2)C1. The highest BCUT2D eigenvalue weighted by Gasteiger charge is 2.24. The summed E-state index contributed by atoms with van der Waals surface area (Å²) in [5.74, 6) is 0.445. The van der Waals surface area contributed by atoms with Crippen molar-refractivity contribution in [1.29, 1.82) is 0 Å². The van der Waals surface area contributed by atoms with Gasteiger partial charge < -0.3 is 10.0 Å². The standard InChI is InChI=1S/C17H17ClINO/c1-20-6-5-12-8-16(18)17(21)9-14(12)15(10-20)11-3-2-4-13(19)7-11/h2-4,7-9,15,21H,5-6,10H2,1H3/t15-/m1/s1. The number of phenols is 1. The number of benzene rings is 2. The topological polar surface area (TPSA) is 23.5 Å². The second-order valence-electron chi connectivity index (χ2n) is 5.62. The monoisotopic (exact) mass is 413 g/mol. The molecule has 1 aliphatic heterocycles. The second-order valence-corrected chi connectivity index (χ2v) is 7.28. The molecule has 1 heterocycles. The fourth-order valence-electron chi connectivity index (χ4n) is 2.98. The Bertz CT molecular complexity index is 674. The maximum Gasteiger partial charge on any atom is 0.134 e. The van der Waals surface area contributed by atoms with E-state index in [1.165, 1.54) is 20.3 Å². The molecule has 21 heavy (non-hydrogen) atoms. The Morgan fingerprint density at radius 1 is 1.29 bits per heavy atom. The number of phenolic OH excluding ortho intramolecular Hbond substituents is 1. The summed E-state index contributed by atoms with van der Waals surface area (Å²) in [5, 5.41) is 10.4. The van der Waals surface area contributed by atoms with Gasteiger partial charge in [-0.05, 0) is 77.0 Å². The van der Waals surface area contributed by atoms with Crippen molar-refractivity contribution in [3.63, 3.8) is 0 Å². The molecule has 0 radical (unpaired) electrons. The zero-order valence-corrected chi connectivity index (χ0v) is 14.7. The molecule has 1 atom stereocenters. The lowest BCUT2D eigenvalue weighted by Crippen LogP contribution is -2.24. The van der Waals surface area contributed by atoms with Crippen molar-refractivity contribution < 1.29 is 5.11 Å². The van der Waals surface area contributed by atoms with Gasteiger partial charge >= 0.3 is 0 Å². The van der Waals surface area contributed by atoms with E-state index in [1.54, 1.807) is 0 Å². The fraction of sp³-hybridized carbons (Fsp3) is 0.294. The largest absolute Gasteiger partial charge is 0.506 e. The molecule has 3 rings (SSSR count). The number of halogens is 2. The summed E-state index contributed by atoms with van der Waals surface area (Å²) in [5.41, 5.74) is 3.73. The summed E-state index contributed by atoms with van der Waals surface area (Å²) >= 11 is 8.43. The molecule has 1 aliphatic rings. The average Bonchev–Trinajstić information content (AvgIpc) is 2.60. The molecule has 4 heteroatoms. The van der Waals surface area contributed by atoms with Crippen molar-refractivity contribution >= 4 is 34.2 Å². The average molecular weight is 414 g/mol. The summed E-state index contributed by atoms with van der Waals surface area (Å²) < 4.78 is 1.23. The van der Waals surface area contributed by atoms with Crippen LogP contribution in [0.25, 0.3) is 0 Å². The molecule has 1 N–H and O–H groups in total.